The fourth-order valence-corrected chi connectivity index (χ4v) is 2.53. The SMILES string of the molecule is CCNc1nc(C(C)OC)nc2sc(C)cc12. The van der Waals surface area contributed by atoms with Crippen LogP contribution in [0.2, 0.25) is 0 Å². The number of hydrogen-bond donors (Lipinski definition) is 1. The Hall–Kier alpha value is -1.20. The van der Waals surface area contributed by atoms with Gasteiger partial charge in [0.05, 0.1) is 5.39 Å². The lowest BCUT2D eigenvalue weighted by atomic mass is 10.3. The van der Waals surface area contributed by atoms with Crippen LogP contribution in [0.5, 0.6) is 0 Å². The second-order valence-electron chi connectivity index (χ2n) is 3.91. The first kappa shape index (κ1) is 12.3. The molecule has 0 bridgehead atoms. The summed E-state index contributed by atoms with van der Waals surface area (Å²) in [4.78, 5) is 11.4. The number of nitrogens with zero attached hydrogens (tertiary/aromatic N) is 2. The highest BCUT2D eigenvalue weighted by molar-refractivity contribution is 7.18. The lowest BCUT2D eigenvalue weighted by molar-refractivity contribution is 0.112. The molecule has 1 N–H and O–H groups in total. The van der Waals surface area contributed by atoms with Gasteiger partial charge in [-0.15, -0.1) is 11.3 Å². The average Bonchev–Trinajstić information content (AvgIpc) is 2.69. The van der Waals surface area contributed by atoms with E-state index in [9.17, 15) is 0 Å². The summed E-state index contributed by atoms with van der Waals surface area (Å²) >= 11 is 1.69. The maximum Gasteiger partial charge on any atom is 0.160 e. The summed E-state index contributed by atoms with van der Waals surface area (Å²) < 4.78 is 5.28. The van der Waals surface area contributed by atoms with Gasteiger partial charge in [-0.3, -0.25) is 0 Å². The van der Waals surface area contributed by atoms with Gasteiger partial charge in [-0.1, -0.05) is 0 Å². The van der Waals surface area contributed by atoms with Gasteiger partial charge in [0.25, 0.3) is 0 Å². The van der Waals surface area contributed by atoms with Crippen LogP contribution in [0, 0.1) is 6.92 Å². The molecule has 0 spiro atoms. The molecule has 2 heterocycles. The number of nitrogens with one attached hydrogen (secondary N) is 1. The Bertz CT molecular complexity index is 524. The van der Waals surface area contributed by atoms with Crippen molar-refractivity contribution in [3.63, 3.8) is 0 Å². The second-order valence-corrected chi connectivity index (χ2v) is 5.15. The molecule has 5 heteroatoms. The van der Waals surface area contributed by atoms with Crippen molar-refractivity contribution >= 4 is 27.4 Å². The van der Waals surface area contributed by atoms with Gasteiger partial charge < -0.3 is 10.1 Å². The van der Waals surface area contributed by atoms with Crippen LogP contribution in [0.4, 0.5) is 5.82 Å². The Morgan fingerprint density at radius 1 is 1.47 bits per heavy atom. The molecule has 0 aromatic carbocycles. The zero-order valence-corrected chi connectivity index (χ0v) is 11.4. The maximum atomic E-state index is 5.28. The van der Waals surface area contributed by atoms with Crippen LogP contribution in [0.15, 0.2) is 6.07 Å². The van der Waals surface area contributed by atoms with Crippen LogP contribution >= 0.6 is 11.3 Å². The number of thiophene rings is 1. The Kier molecular flexibility index (Phi) is 3.59. The number of anilines is 1. The van der Waals surface area contributed by atoms with E-state index in [1.807, 2.05) is 6.92 Å². The molecule has 4 nitrogen and oxygen atoms in total. The predicted octanol–water partition coefficient (Wildman–Crippen LogP) is 3.14. The summed E-state index contributed by atoms with van der Waals surface area (Å²) in [7, 11) is 1.67. The van der Waals surface area contributed by atoms with E-state index in [0.717, 1.165) is 28.4 Å². The molecule has 1 unspecified atom stereocenters. The molecule has 2 aromatic heterocycles. The summed E-state index contributed by atoms with van der Waals surface area (Å²) in [5.41, 5.74) is 0. The van der Waals surface area contributed by atoms with E-state index in [1.54, 1.807) is 18.4 Å². The van der Waals surface area contributed by atoms with Gasteiger partial charge >= 0.3 is 0 Å². The first-order valence-corrected chi connectivity index (χ1v) is 6.52. The van der Waals surface area contributed by atoms with Crippen molar-refractivity contribution in [2.75, 3.05) is 19.0 Å². The summed E-state index contributed by atoms with van der Waals surface area (Å²) in [6, 6.07) is 2.12. The zero-order valence-electron chi connectivity index (χ0n) is 10.6. The van der Waals surface area contributed by atoms with Crippen LogP contribution in [0.25, 0.3) is 10.2 Å². The molecule has 17 heavy (non-hydrogen) atoms. The van der Waals surface area contributed by atoms with Gasteiger partial charge in [0.2, 0.25) is 0 Å². The third kappa shape index (κ3) is 2.40. The van der Waals surface area contributed by atoms with Gasteiger partial charge in [-0.05, 0) is 26.8 Å². The summed E-state index contributed by atoms with van der Waals surface area (Å²) in [6.45, 7) is 6.95. The lowest BCUT2D eigenvalue weighted by Gasteiger charge is -2.10. The smallest absolute Gasteiger partial charge is 0.160 e. The van der Waals surface area contributed by atoms with Gasteiger partial charge in [0.15, 0.2) is 5.82 Å². The number of aryl methyl sites for hydroxylation is 1. The number of ether oxygens (including phenoxy) is 1. The minimum absolute atomic E-state index is 0.0841. The van der Waals surface area contributed by atoms with E-state index >= 15 is 0 Å². The minimum atomic E-state index is -0.0841. The lowest BCUT2D eigenvalue weighted by Crippen LogP contribution is -2.07. The topological polar surface area (TPSA) is 47.0 Å². The molecule has 0 aliphatic rings. The van der Waals surface area contributed by atoms with Crippen molar-refractivity contribution in [2.45, 2.75) is 26.9 Å². The molecular weight excluding hydrogens is 234 g/mol. The Morgan fingerprint density at radius 3 is 2.88 bits per heavy atom. The largest absolute Gasteiger partial charge is 0.374 e. The first-order valence-electron chi connectivity index (χ1n) is 5.70. The maximum absolute atomic E-state index is 5.28. The molecule has 0 fully saturated rings. The highest BCUT2D eigenvalue weighted by Gasteiger charge is 2.14. The van der Waals surface area contributed by atoms with Crippen LogP contribution in [0.3, 0.4) is 0 Å². The highest BCUT2D eigenvalue weighted by atomic mass is 32.1. The molecule has 0 saturated carbocycles. The number of hydrogen-bond acceptors (Lipinski definition) is 5. The fourth-order valence-electron chi connectivity index (χ4n) is 1.65. The number of fused-ring (bicyclic) bond motifs is 1. The number of rotatable bonds is 4. The van der Waals surface area contributed by atoms with E-state index in [1.165, 1.54) is 4.88 Å². The molecule has 0 aliphatic heterocycles. The van der Waals surface area contributed by atoms with Gasteiger partial charge in [-0.2, -0.15) is 0 Å². The van der Waals surface area contributed by atoms with Crippen LogP contribution in [-0.4, -0.2) is 23.6 Å². The molecule has 1 atom stereocenters. The van der Waals surface area contributed by atoms with E-state index in [2.05, 4.69) is 35.2 Å². The fraction of sp³-hybridized carbons (Fsp3) is 0.500. The standard InChI is InChI=1S/C12H17N3OS/c1-5-13-11-9-6-7(2)17-12(9)15-10(14-11)8(3)16-4/h6,8H,5H2,1-4H3,(H,13,14,15). The van der Waals surface area contributed by atoms with Crippen molar-refractivity contribution in [1.29, 1.82) is 0 Å². The second kappa shape index (κ2) is 4.98. The van der Waals surface area contributed by atoms with Crippen LogP contribution in [-0.2, 0) is 4.74 Å². The van der Waals surface area contributed by atoms with Gasteiger partial charge in [-0.25, -0.2) is 9.97 Å². The van der Waals surface area contributed by atoms with E-state index in [-0.39, 0.29) is 6.10 Å². The number of aromatic nitrogens is 2. The molecule has 0 aliphatic carbocycles. The third-order valence-electron chi connectivity index (χ3n) is 2.59. The van der Waals surface area contributed by atoms with Crippen LogP contribution in [0.1, 0.15) is 30.7 Å². The van der Waals surface area contributed by atoms with Crippen molar-refractivity contribution in [1.82, 2.24) is 9.97 Å². The van der Waals surface area contributed by atoms with Crippen molar-refractivity contribution in [2.24, 2.45) is 0 Å². The van der Waals surface area contributed by atoms with Crippen molar-refractivity contribution in [3.05, 3.63) is 16.8 Å². The molecule has 0 amide bonds. The Morgan fingerprint density at radius 2 is 2.24 bits per heavy atom. The Balaban J connectivity index is 2.57. The van der Waals surface area contributed by atoms with Gasteiger partial charge in [0, 0.05) is 18.5 Å². The molecule has 0 saturated heterocycles. The normalized spacial score (nSPS) is 12.9. The molecule has 2 aromatic rings. The van der Waals surface area contributed by atoms with Crippen LogP contribution < -0.4 is 5.32 Å². The summed E-state index contributed by atoms with van der Waals surface area (Å²) in [6.07, 6.45) is -0.0841. The molecule has 0 radical (unpaired) electrons. The molecule has 2 rings (SSSR count). The monoisotopic (exact) mass is 251 g/mol. The zero-order chi connectivity index (χ0) is 12.4. The van der Waals surface area contributed by atoms with Crippen molar-refractivity contribution in [3.8, 4) is 0 Å². The number of methoxy groups -OCH3 is 1. The van der Waals surface area contributed by atoms with E-state index in [4.69, 9.17) is 4.74 Å². The average molecular weight is 251 g/mol. The predicted molar refractivity (Wildman–Crippen MR) is 71.7 cm³/mol. The summed E-state index contributed by atoms with van der Waals surface area (Å²) in [5, 5.41) is 4.38. The van der Waals surface area contributed by atoms with E-state index in [0.29, 0.717) is 0 Å². The quantitative estimate of drug-likeness (QED) is 0.906. The van der Waals surface area contributed by atoms with E-state index < -0.39 is 0 Å². The Labute approximate surface area is 105 Å². The molecular formula is C12H17N3OS. The highest BCUT2D eigenvalue weighted by Crippen LogP contribution is 2.29. The third-order valence-corrected chi connectivity index (χ3v) is 3.54. The minimum Gasteiger partial charge on any atom is -0.374 e. The first-order chi connectivity index (χ1) is 8.15. The summed E-state index contributed by atoms with van der Waals surface area (Å²) in [5.74, 6) is 1.64. The van der Waals surface area contributed by atoms with Crippen molar-refractivity contribution < 1.29 is 4.74 Å². The van der Waals surface area contributed by atoms with Gasteiger partial charge in [0.1, 0.15) is 16.8 Å². The molecule has 92 valence electrons.